The van der Waals surface area contributed by atoms with E-state index in [9.17, 15) is 0 Å². The molecule has 0 bridgehead atoms. The molecule has 0 saturated heterocycles. The molecule has 18 heavy (non-hydrogen) atoms. The summed E-state index contributed by atoms with van der Waals surface area (Å²) in [6.07, 6.45) is 0. The Labute approximate surface area is 109 Å². The zero-order chi connectivity index (χ0) is 12.7. The predicted molar refractivity (Wildman–Crippen MR) is 73.5 cm³/mol. The van der Waals surface area contributed by atoms with Gasteiger partial charge in [0, 0.05) is 22.0 Å². The van der Waals surface area contributed by atoms with Gasteiger partial charge in [-0.1, -0.05) is 11.6 Å². The first kappa shape index (κ1) is 11.0. The van der Waals surface area contributed by atoms with Gasteiger partial charge in [-0.25, -0.2) is 9.97 Å². The van der Waals surface area contributed by atoms with Crippen LogP contribution in [-0.4, -0.2) is 15.0 Å². The van der Waals surface area contributed by atoms with Gasteiger partial charge in [-0.2, -0.15) is 0 Å². The van der Waals surface area contributed by atoms with Gasteiger partial charge in [0.2, 0.25) is 0 Å². The number of pyridine rings is 1. The number of halogens is 1. The van der Waals surface area contributed by atoms with Crippen LogP contribution >= 0.6 is 11.6 Å². The van der Waals surface area contributed by atoms with Crippen molar-refractivity contribution in [3.63, 3.8) is 0 Å². The molecule has 0 aliphatic rings. The molecular weight excluding hydrogens is 248 g/mol. The van der Waals surface area contributed by atoms with Crippen LogP contribution in [0.2, 0.25) is 5.02 Å². The molecule has 0 atom stereocenters. The minimum atomic E-state index is 0.596. The summed E-state index contributed by atoms with van der Waals surface area (Å²) in [4.78, 5) is 12.0. The Balaban J connectivity index is 2.19. The highest BCUT2D eigenvalue weighted by molar-refractivity contribution is 6.31. The van der Waals surface area contributed by atoms with Gasteiger partial charge in [0.25, 0.3) is 0 Å². The zero-order valence-corrected chi connectivity index (χ0v) is 10.5. The van der Waals surface area contributed by atoms with Crippen molar-refractivity contribution in [1.29, 1.82) is 0 Å². The van der Waals surface area contributed by atoms with Crippen molar-refractivity contribution in [2.75, 3.05) is 5.73 Å². The van der Waals surface area contributed by atoms with Gasteiger partial charge in [-0.3, -0.25) is 0 Å². The van der Waals surface area contributed by atoms with E-state index in [0.717, 1.165) is 16.8 Å². The summed E-state index contributed by atoms with van der Waals surface area (Å²) in [5.74, 6) is 0.706. The Bertz CT molecular complexity index is 733. The molecule has 3 aromatic rings. The zero-order valence-electron chi connectivity index (χ0n) is 9.74. The maximum Gasteiger partial charge on any atom is 0.178 e. The topological polar surface area (TPSA) is 67.6 Å². The number of aromatic nitrogens is 3. The number of nitrogens with zero attached hydrogens (tertiary/aromatic N) is 2. The van der Waals surface area contributed by atoms with Gasteiger partial charge in [0.15, 0.2) is 5.65 Å². The van der Waals surface area contributed by atoms with Crippen molar-refractivity contribution in [2.45, 2.75) is 6.92 Å². The summed E-state index contributed by atoms with van der Waals surface area (Å²) in [5.41, 5.74) is 9.89. The lowest BCUT2D eigenvalue weighted by atomic mass is 10.2. The van der Waals surface area contributed by atoms with E-state index in [1.807, 2.05) is 25.1 Å². The number of nitrogen functional groups attached to an aromatic ring is 1. The monoisotopic (exact) mass is 258 g/mol. The molecule has 0 amide bonds. The highest BCUT2D eigenvalue weighted by atomic mass is 35.5. The van der Waals surface area contributed by atoms with Crippen LogP contribution in [0.15, 0.2) is 30.3 Å². The van der Waals surface area contributed by atoms with Crippen LogP contribution in [0.3, 0.4) is 0 Å². The molecule has 3 N–H and O–H groups in total. The molecule has 0 aliphatic heterocycles. The van der Waals surface area contributed by atoms with Gasteiger partial charge in [0.05, 0.1) is 5.52 Å². The van der Waals surface area contributed by atoms with E-state index < -0.39 is 0 Å². The van der Waals surface area contributed by atoms with Crippen LogP contribution in [0, 0.1) is 6.92 Å². The summed E-state index contributed by atoms with van der Waals surface area (Å²) >= 11 is 5.88. The van der Waals surface area contributed by atoms with Gasteiger partial charge in [-0.15, -0.1) is 0 Å². The molecule has 2 aromatic heterocycles. The predicted octanol–water partition coefficient (Wildman–Crippen LogP) is 3.17. The van der Waals surface area contributed by atoms with Crippen LogP contribution in [0.5, 0.6) is 0 Å². The number of rotatable bonds is 1. The first-order valence-corrected chi connectivity index (χ1v) is 5.90. The Hall–Kier alpha value is -2.07. The first-order valence-electron chi connectivity index (χ1n) is 5.52. The van der Waals surface area contributed by atoms with E-state index in [0.29, 0.717) is 22.2 Å². The van der Waals surface area contributed by atoms with Crippen molar-refractivity contribution < 1.29 is 0 Å². The lowest BCUT2D eigenvalue weighted by Crippen LogP contribution is -1.91. The smallest absolute Gasteiger partial charge is 0.178 e. The molecule has 0 saturated carbocycles. The van der Waals surface area contributed by atoms with Crippen LogP contribution in [-0.2, 0) is 0 Å². The molecule has 0 aliphatic carbocycles. The SMILES string of the molecule is Cc1ccc2[nH]c(-c3ccc(Cl)cc3N)nc2n1. The summed E-state index contributed by atoms with van der Waals surface area (Å²) in [6.45, 7) is 1.93. The van der Waals surface area contributed by atoms with Crippen molar-refractivity contribution in [3.05, 3.63) is 41.0 Å². The quantitative estimate of drug-likeness (QED) is 0.659. The second-order valence-corrected chi connectivity index (χ2v) is 4.58. The third-order valence-corrected chi connectivity index (χ3v) is 2.99. The maximum absolute atomic E-state index is 5.94. The van der Waals surface area contributed by atoms with Crippen molar-refractivity contribution in [1.82, 2.24) is 15.0 Å². The number of H-pyrrole nitrogens is 1. The van der Waals surface area contributed by atoms with E-state index in [4.69, 9.17) is 17.3 Å². The van der Waals surface area contributed by atoms with E-state index >= 15 is 0 Å². The lowest BCUT2D eigenvalue weighted by molar-refractivity contribution is 1.22. The molecule has 2 heterocycles. The fourth-order valence-corrected chi connectivity index (χ4v) is 2.04. The van der Waals surface area contributed by atoms with Crippen molar-refractivity contribution >= 4 is 28.5 Å². The van der Waals surface area contributed by atoms with Crippen LogP contribution in [0.25, 0.3) is 22.6 Å². The Morgan fingerprint density at radius 3 is 2.78 bits per heavy atom. The second-order valence-electron chi connectivity index (χ2n) is 4.14. The fourth-order valence-electron chi connectivity index (χ4n) is 1.86. The third-order valence-electron chi connectivity index (χ3n) is 2.75. The average Bonchev–Trinajstić information content (AvgIpc) is 2.71. The largest absolute Gasteiger partial charge is 0.398 e. The number of hydrogen-bond acceptors (Lipinski definition) is 3. The van der Waals surface area contributed by atoms with Gasteiger partial charge < -0.3 is 10.7 Å². The van der Waals surface area contributed by atoms with Crippen LogP contribution < -0.4 is 5.73 Å². The van der Waals surface area contributed by atoms with Gasteiger partial charge in [-0.05, 0) is 37.3 Å². The molecule has 0 unspecified atom stereocenters. The highest BCUT2D eigenvalue weighted by Crippen LogP contribution is 2.27. The average molecular weight is 259 g/mol. The molecule has 0 spiro atoms. The van der Waals surface area contributed by atoms with Crippen LogP contribution in [0.4, 0.5) is 5.69 Å². The number of nitrogens with two attached hydrogens (primary N) is 1. The lowest BCUT2D eigenvalue weighted by Gasteiger charge is -2.01. The Morgan fingerprint density at radius 2 is 2.00 bits per heavy atom. The molecule has 5 heteroatoms. The molecular formula is C13H11ClN4. The summed E-state index contributed by atoms with van der Waals surface area (Å²) < 4.78 is 0. The standard InChI is InChI=1S/C13H11ClN4/c1-7-2-5-11-13(16-7)18-12(17-11)9-4-3-8(14)6-10(9)15/h2-6H,15H2,1H3,(H,16,17,18). The highest BCUT2D eigenvalue weighted by Gasteiger charge is 2.09. The first-order chi connectivity index (χ1) is 8.63. The molecule has 3 rings (SSSR count). The van der Waals surface area contributed by atoms with E-state index in [1.165, 1.54) is 0 Å². The number of nitrogens with one attached hydrogen (secondary N) is 1. The second kappa shape index (κ2) is 3.99. The van der Waals surface area contributed by atoms with E-state index in [-0.39, 0.29) is 0 Å². The summed E-state index contributed by atoms with van der Waals surface area (Å²) in [5, 5.41) is 0.612. The number of aryl methyl sites for hydroxylation is 1. The van der Waals surface area contributed by atoms with E-state index in [1.54, 1.807) is 12.1 Å². The number of hydrogen-bond donors (Lipinski definition) is 2. The minimum Gasteiger partial charge on any atom is -0.398 e. The molecule has 0 fully saturated rings. The molecule has 90 valence electrons. The number of fused-ring (bicyclic) bond motifs is 1. The van der Waals surface area contributed by atoms with Gasteiger partial charge in [0.1, 0.15) is 5.82 Å². The number of imidazole rings is 1. The minimum absolute atomic E-state index is 0.596. The Morgan fingerprint density at radius 1 is 1.17 bits per heavy atom. The number of aromatic amines is 1. The fraction of sp³-hybridized carbons (Fsp3) is 0.0769. The number of benzene rings is 1. The van der Waals surface area contributed by atoms with Crippen molar-refractivity contribution in [3.8, 4) is 11.4 Å². The normalized spacial score (nSPS) is 11.0. The van der Waals surface area contributed by atoms with Gasteiger partial charge >= 0.3 is 0 Å². The maximum atomic E-state index is 5.94. The Kier molecular flexibility index (Phi) is 2.45. The summed E-state index contributed by atoms with van der Waals surface area (Å²) in [7, 11) is 0. The van der Waals surface area contributed by atoms with E-state index in [2.05, 4.69) is 15.0 Å². The molecule has 1 aromatic carbocycles. The molecule has 0 radical (unpaired) electrons. The van der Waals surface area contributed by atoms with Crippen LogP contribution in [0.1, 0.15) is 5.69 Å². The number of anilines is 1. The van der Waals surface area contributed by atoms with Crippen molar-refractivity contribution in [2.24, 2.45) is 0 Å². The third kappa shape index (κ3) is 1.80. The molecule has 4 nitrogen and oxygen atoms in total. The summed E-state index contributed by atoms with van der Waals surface area (Å²) in [6, 6.07) is 9.25.